The maximum Gasteiger partial charge on any atom is 0.510 e. The molecule has 0 aliphatic carbocycles. The molecule has 0 radical (unpaired) electrons. The summed E-state index contributed by atoms with van der Waals surface area (Å²) in [6.45, 7) is 2.83. The van der Waals surface area contributed by atoms with E-state index in [2.05, 4.69) is 5.16 Å². The number of hydrogen-bond donors (Lipinski definition) is 0. The van der Waals surface area contributed by atoms with E-state index in [0.717, 1.165) is 24.2 Å². The number of ether oxygens (including phenoxy) is 2. The molecule has 1 atom stereocenters. The SMILES string of the molecule is CCOC(=O)OC1CCCCN1C(=O)C1=NOC2(CCN(S(=O)(=O)c3ccc(Cl)s3)CC2)C1. The quantitative estimate of drug-likeness (QED) is 0.548. The Balaban J connectivity index is 1.37. The van der Waals surface area contributed by atoms with E-state index in [1.165, 1.54) is 15.3 Å². The van der Waals surface area contributed by atoms with Crippen molar-refractivity contribution < 1.29 is 32.3 Å². The fourth-order valence-corrected chi connectivity index (χ4v) is 7.37. The maximum atomic E-state index is 13.2. The summed E-state index contributed by atoms with van der Waals surface area (Å²) in [5.41, 5.74) is -0.451. The van der Waals surface area contributed by atoms with E-state index in [-0.39, 0.29) is 41.9 Å². The highest BCUT2D eigenvalue weighted by atomic mass is 35.5. The van der Waals surface area contributed by atoms with Gasteiger partial charge < -0.3 is 19.2 Å². The lowest BCUT2D eigenvalue weighted by molar-refractivity contribution is -0.139. The molecule has 0 N–H and O–H groups in total. The summed E-state index contributed by atoms with van der Waals surface area (Å²) in [4.78, 5) is 32.1. The molecule has 3 aliphatic rings. The first-order chi connectivity index (χ1) is 15.7. The van der Waals surface area contributed by atoms with Crippen LogP contribution >= 0.6 is 22.9 Å². The van der Waals surface area contributed by atoms with Crippen LogP contribution in [0.4, 0.5) is 4.79 Å². The second kappa shape index (κ2) is 9.77. The van der Waals surface area contributed by atoms with Crippen molar-refractivity contribution >= 4 is 50.7 Å². The van der Waals surface area contributed by atoms with E-state index in [1.54, 1.807) is 13.0 Å². The van der Waals surface area contributed by atoms with Gasteiger partial charge in [0, 0.05) is 45.3 Å². The van der Waals surface area contributed by atoms with Crippen LogP contribution in [0, 0.1) is 0 Å². The molecule has 0 aromatic carbocycles. The summed E-state index contributed by atoms with van der Waals surface area (Å²) in [5.74, 6) is -0.329. The van der Waals surface area contributed by atoms with Crippen LogP contribution in [0.3, 0.4) is 0 Å². The van der Waals surface area contributed by atoms with Crippen molar-refractivity contribution in [3.05, 3.63) is 16.5 Å². The lowest BCUT2D eigenvalue weighted by Crippen LogP contribution is -2.50. The van der Waals surface area contributed by atoms with Crippen LogP contribution in [0.1, 0.15) is 45.4 Å². The zero-order valence-corrected chi connectivity index (χ0v) is 20.6. The Hall–Kier alpha value is -1.89. The molecule has 4 heterocycles. The van der Waals surface area contributed by atoms with E-state index in [1.807, 2.05) is 0 Å². The Morgan fingerprint density at radius 1 is 1.27 bits per heavy atom. The van der Waals surface area contributed by atoms with Gasteiger partial charge in [0.25, 0.3) is 15.9 Å². The highest BCUT2D eigenvalue weighted by molar-refractivity contribution is 7.91. The average Bonchev–Trinajstić information content (AvgIpc) is 3.41. The van der Waals surface area contributed by atoms with Gasteiger partial charge in [-0.1, -0.05) is 16.8 Å². The number of thiophene rings is 1. The standard InChI is InChI=1S/C20H26ClN3O7S2/c1-2-29-19(26)30-16-5-3-4-10-24(16)18(25)14-13-20(31-22-14)8-11-23(12-9-20)33(27,28)17-7-6-15(21)32-17/h6-7,16H,2-5,8-13H2,1H3. The fourth-order valence-electron chi connectivity index (χ4n) is 4.29. The van der Waals surface area contributed by atoms with Crippen LogP contribution in [-0.4, -0.2) is 73.5 Å². The van der Waals surface area contributed by atoms with Gasteiger partial charge in [-0.2, -0.15) is 4.31 Å². The summed E-state index contributed by atoms with van der Waals surface area (Å²) in [5, 5.41) is 4.06. The minimum Gasteiger partial charge on any atom is -0.435 e. The minimum atomic E-state index is -3.62. The summed E-state index contributed by atoms with van der Waals surface area (Å²) >= 11 is 6.92. The van der Waals surface area contributed by atoms with E-state index in [0.29, 0.717) is 30.1 Å². The number of oxime groups is 1. The van der Waals surface area contributed by atoms with Gasteiger partial charge in [-0.05, 0) is 31.9 Å². The number of likely N-dealkylation sites (tertiary alicyclic amines) is 1. The Bertz CT molecular complexity index is 1030. The predicted octanol–water partition coefficient (Wildman–Crippen LogP) is 3.21. The van der Waals surface area contributed by atoms with Gasteiger partial charge in [0.1, 0.15) is 15.5 Å². The first-order valence-corrected chi connectivity index (χ1v) is 13.5. The van der Waals surface area contributed by atoms with Crippen LogP contribution in [0.2, 0.25) is 4.34 Å². The molecular formula is C20H26ClN3O7S2. The number of amides is 1. The molecule has 1 amide bonds. The van der Waals surface area contributed by atoms with Crippen LogP contribution in [-0.2, 0) is 29.1 Å². The summed E-state index contributed by atoms with van der Waals surface area (Å²) in [6.07, 6.45) is 1.77. The van der Waals surface area contributed by atoms with Gasteiger partial charge in [-0.15, -0.1) is 11.3 Å². The third-order valence-electron chi connectivity index (χ3n) is 6.07. The van der Waals surface area contributed by atoms with Crippen molar-refractivity contribution in [1.29, 1.82) is 0 Å². The van der Waals surface area contributed by atoms with Crippen molar-refractivity contribution in [1.82, 2.24) is 9.21 Å². The van der Waals surface area contributed by atoms with Crippen molar-refractivity contribution in [2.24, 2.45) is 5.16 Å². The Morgan fingerprint density at radius 3 is 2.70 bits per heavy atom. The van der Waals surface area contributed by atoms with Crippen molar-refractivity contribution in [2.75, 3.05) is 26.2 Å². The van der Waals surface area contributed by atoms with Crippen molar-refractivity contribution in [3.63, 3.8) is 0 Å². The number of piperidine rings is 2. The van der Waals surface area contributed by atoms with E-state index >= 15 is 0 Å². The number of halogens is 1. The van der Waals surface area contributed by atoms with Gasteiger partial charge in [-0.25, -0.2) is 13.2 Å². The third-order valence-corrected chi connectivity index (χ3v) is 9.66. The largest absolute Gasteiger partial charge is 0.510 e. The molecule has 2 saturated heterocycles. The molecule has 1 spiro atoms. The second-order valence-electron chi connectivity index (χ2n) is 8.20. The van der Waals surface area contributed by atoms with Crippen LogP contribution in [0.15, 0.2) is 21.5 Å². The number of rotatable bonds is 5. The topological polar surface area (TPSA) is 115 Å². The molecule has 182 valence electrons. The summed E-state index contributed by atoms with van der Waals surface area (Å²) in [6, 6.07) is 3.07. The minimum absolute atomic E-state index is 0.189. The van der Waals surface area contributed by atoms with E-state index < -0.39 is 28.0 Å². The molecule has 4 rings (SSSR count). The lowest BCUT2D eigenvalue weighted by Gasteiger charge is -2.36. The van der Waals surface area contributed by atoms with Crippen molar-refractivity contribution in [2.45, 2.75) is 61.5 Å². The first-order valence-electron chi connectivity index (χ1n) is 10.9. The van der Waals surface area contributed by atoms with Gasteiger partial charge in [0.05, 0.1) is 10.9 Å². The van der Waals surface area contributed by atoms with Gasteiger partial charge in [-0.3, -0.25) is 4.79 Å². The number of sulfonamides is 1. The van der Waals surface area contributed by atoms with E-state index in [9.17, 15) is 18.0 Å². The summed E-state index contributed by atoms with van der Waals surface area (Å²) < 4.78 is 37.9. The van der Waals surface area contributed by atoms with Crippen molar-refractivity contribution in [3.8, 4) is 0 Å². The van der Waals surface area contributed by atoms with Gasteiger partial charge in [0.2, 0.25) is 0 Å². The molecule has 0 bridgehead atoms. The number of carbonyl (C=O) groups is 2. The Morgan fingerprint density at radius 2 is 2.03 bits per heavy atom. The molecule has 13 heteroatoms. The number of nitrogens with zero attached hydrogens (tertiary/aromatic N) is 3. The third kappa shape index (κ3) is 5.13. The van der Waals surface area contributed by atoms with Gasteiger partial charge >= 0.3 is 6.16 Å². The lowest BCUT2D eigenvalue weighted by atomic mass is 9.87. The number of carbonyl (C=O) groups excluding carboxylic acids is 2. The molecule has 10 nitrogen and oxygen atoms in total. The highest BCUT2D eigenvalue weighted by Gasteiger charge is 2.47. The first kappa shape index (κ1) is 24.2. The zero-order valence-electron chi connectivity index (χ0n) is 18.2. The molecule has 2 fully saturated rings. The smallest absolute Gasteiger partial charge is 0.435 e. The van der Waals surface area contributed by atoms with Crippen LogP contribution in [0.25, 0.3) is 0 Å². The monoisotopic (exact) mass is 519 g/mol. The van der Waals surface area contributed by atoms with Crippen LogP contribution in [0.5, 0.6) is 0 Å². The average molecular weight is 520 g/mol. The molecule has 0 saturated carbocycles. The molecule has 1 aromatic rings. The molecule has 1 aromatic heterocycles. The highest BCUT2D eigenvalue weighted by Crippen LogP contribution is 2.38. The maximum absolute atomic E-state index is 13.2. The Labute approximate surface area is 201 Å². The number of hydrogen-bond acceptors (Lipinski definition) is 9. The summed E-state index contributed by atoms with van der Waals surface area (Å²) in [7, 11) is -3.62. The normalized spacial score (nSPS) is 23.2. The zero-order chi connectivity index (χ0) is 23.6. The second-order valence-corrected chi connectivity index (χ2v) is 12.1. The Kier molecular flexibility index (Phi) is 7.18. The molecule has 33 heavy (non-hydrogen) atoms. The van der Waals surface area contributed by atoms with Gasteiger partial charge in [0.15, 0.2) is 6.23 Å². The van der Waals surface area contributed by atoms with E-state index in [4.69, 9.17) is 25.9 Å². The molecular weight excluding hydrogens is 494 g/mol. The fraction of sp³-hybridized carbons (Fsp3) is 0.650. The predicted molar refractivity (Wildman–Crippen MR) is 121 cm³/mol. The molecule has 1 unspecified atom stereocenters. The molecule has 3 aliphatic heterocycles. The van der Waals surface area contributed by atoms with Crippen LogP contribution < -0.4 is 0 Å².